The van der Waals surface area contributed by atoms with E-state index in [1.165, 1.54) is 16.3 Å². The number of aromatic amines is 1. The van der Waals surface area contributed by atoms with Gasteiger partial charge in [0.2, 0.25) is 0 Å². The van der Waals surface area contributed by atoms with Crippen molar-refractivity contribution in [2.75, 3.05) is 12.4 Å². The summed E-state index contributed by atoms with van der Waals surface area (Å²) in [6.07, 6.45) is 0.714. The molecule has 2 N–H and O–H groups in total. The lowest BCUT2D eigenvalue weighted by atomic mass is 10.5. The minimum absolute atomic E-state index is 0.172. The third-order valence-electron chi connectivity index (χ3n) is 1.37. The second-order valence-corrected chi connectivity index (χ2v) is 3.36. The van der Waals surface area contributed by atoms with Crippen LogP contribution in [0.1, 0.15) is 6.42 Å². The highest BCUT2D eigenvalue weighted by Gasteiger charge is 2.02. The van der Waals surface area contributed by atoms with Gasteiger partial charge in [0, 0.05) is 19.4 Å². The van der Waals surface area contributed by atoms with Gasteiger partial charge in [-0.25, -0.2) is 9.89 Å². The fourth-order valence-corrected chi connectivity index (χ4v) is 1.53. The molecule has 0 saturated heterocycles. The summed E-state index contributed by atoms with van der Waals surface area (Å²) in [5, 5.41) is 15.3. The molecule has 0 bridgehead atoms. The first-order valence-corrected chi connectivity index (χ1v) is 4.59. The minimum atomic E-state index is -0.207. The van der Waals surface area contributed by atoms with Crippen LogP contribution in [0.2, 0.25) is 0 Å². The Labute approximate surface area is 73.8 Å². The Bertz CT molecular complexity index is 293. The molecule has 0 unspecified atom stereocenters. The maximum Gasteiger partial charge on any atom is 0.343 e. The van der Waals surface area contributed by atoms with E-state index < -0.39 is 0 Å². The summed E-state index contributed by atoms with van der Waals surface area (Å²) in [7, 11) is 1.66. The van der Waals surface area contributed by atoms with Gasteiger partial charge in [0.05, 0.1) is 0 Å². The van der Waals surface area contributed by atoms with Crippen LogP contribution in [0.5, 0.6) is 0 Å². The van der Waals surface area contributed by atoms with E-state index in [2.05, 4.69) is 10.2 Å². The van der Waals surface area contributed by atoms with E-state index in [0.29, 0.717) is 11.6 Å². The van der Waals surface area contributed by atoms with E-state index in [1.807, 2.05) is 0 Å². The van der Waals surface area contributed by atoms with E-state index in [4.69, 9.17) is 5.11 Å². The smallest absolute Gasteiger partial charge is 0.343 e. The fraction of sp³-hybridized carbons (Fsp3) is 0.667. The lowest BCUT2D eigenvalue weighted by Crippen LogP contribution is -2.12. The zero-order chi connectivity index (χ0) is 8.97. The van der Waals surface area contributed by atoms with E-state index in [0.717, 1.165) is 5.75 Å². The van der Waals surface area contributed by atoms with E-state index in [-0.39, 0.29) is 12.3 Å². The molecule has 12 heavy (non-hydrogen) atoms. The zero-order valence-corrected chi connectivity index (χ0v) is 7.60. The maximum absolute atomic E-state index is 10.9. The van der Waals surface area contributed by atoms with Gasteiger partial charge in [0.25, 0.3) is 0 Å². The SMILES string of the molecule is Cn1c(SCCCO)n[nH]c1=O. The Kier molecular flexibility index (Phi) is 3.36. The molecule has 1 aromatic heterocycles. The molecular weight excluding hydrogens is 178 g/mol. The number of rotatable bonds is 4. The van der Waals surface area contributed by atoms with Crippen LogP contribution in [-0.4, -0.2) is 32.2 Å². The topological polar surface area (TPSA) is 70.9 Å². The minimum Gasteiger partial charge on any atom is -0.396 e. The lowest BCUT2D eigenvalue weighted by molar-refractivity contribution is 0.296. The summed E-state index contributed by atoms with van der Waals surface area (Å²) >= 11 is 1.45. The fourth-order valence-electron chi connectivity index (χ4n) is 0.690. The Morgan fingerprint density at radius 3 is 3.00 bits per heavy atom. The molecule has 6 heteroatoms. The van der Waals surface area contributed by atoms with Crippen molar-refractivity contribution in [3.63, 3.8) is 0 Å². The van der Waals surface area contributed by atoms with Crippen molar-refractivity contribution < 1.29 is 5.11 Å². The van der Waals surface area contributed by atoms with Crippen LogP contribution in [0.15, 0.2) is 9.95 Å². The highest BCUT2D eigenvalue weighted by molar-refractivity contribution is 7.99. The first kappa shape index (κ1) is 9.34. The van der Waals surface area contributed by atoms with Gasteiger partial charge in [0.15, 0.2) is 5.16 Å². The highest BCUT2D eigenvalue weighted by Crippen LogP contribution is 2.12. The van der Waals surface area contributed by atoms with Crippen molar-refractivity contribution in [1.29, 1.82) is 0 Å². The summed E-state index contributed by atoms with van der Waals surface area (Å²) in [5.74, 6) is 0.772. The number of aliphatic hydroxyl groups is 1. The molecule has 1 rings (SSSR count). The molecular formula is C6H11N3O2S. The first-order chi connectivity index (χ1) is 5.75. The zero-order valence-electron chi connectivity index (χ0n) is 6.78. The summed E-state index contributed by atoms with van der Waals surface area (Å²) in [6.45, 7) is 0.172. The normalized spacial score (nSPS) is 10.5. The Morgan fingerprint density at radius 2 is 2.50 bits per heavy atom. The molecule has 0 aromatic carbocycles. The Hall–Kier alpha value is -0.750. The predicted molar refractivity (Wildman–Crippen MR) is 46.3 cm³/mol. The van der Waals surface area contributed by atoms with Crippen molar-refractivity contribution in [1.82, 2.24) is 14.8 Å². The average Bonchev–Trinajstić information content (AvgIpc) is 2.36. The van der Waals surface area contributed by atoms with Crippen molar-refractivity contribution in [3.05, 3.63) is 10.5 Å². The van der Waals surface area contributed by atoms with Gasteiger partial charge in [-0.2, -0.15) is 0 Å². The summed E-state index contributed by atoms with van der Waals surface area (Å²) in [4.78, 5) is 10.9. The van der Waals surface area contributed by atoms with Crippen LogP contribution >= 0.6 is 11.8 Å². The van der Waals surface area contributed by atoms with Gasteiger partial charge < -0.3 is 5.11 Å². The van der Waals surface area contributed by atoms with Crippen molar-refractivity contribution in [3.8, 4) is 0 Å². The molecule has 0 atom stereocenters. The Morgan fingerprint density at radius 1 is 1.75 bits per heavy atom. The van der Waals surface area contributed by atoms with Gasteiger partial charge in [-0.15, -0.1) is 5.10 Å². The average molecular weight is 189 g/mol. The van der Waals surface area contributed by atoms with Crippen LogP contribution in [0.3, 0.4) is 0 Å². The van der Waals surface area contributed by atoms with E-state index >= 15 is 0 Å². The molecule has 0 spiro atoms. The third-order valence-corrected chi connectivity index (χ3v) is 2.49. The summed E-state index contributed by atoms with van der Waals surface area (Å²) < 4.78 is 1.45. The van der Waals surface area contributed by atoms with Crippen LogP contribution in [-0.2, 0) is 7.05 Å². The van der Waals surface area contributed by atoms with Gasteiger partial charge >= 0.3 is 5.69 Å². The van der Waals surface area contributed by atoms with Crippen LogP contribution in [0.4, 0.5) is 0 Å². The molecule has 0 aliphatic rings. The van der Waals surface area contributed by atoms with Crippen molar-refractivity contribution in [2.45, 2.75) is 11.6 Å². The molecule has 68 valence electrons. The van der Waals surface area contributed by atoms with Crippen molar-refractivity contribution in [2.24, 2.45) is 7.05 Å². The molecule has 0 radical (unpaired) electrons. The first-order valence-electron chi connectivity index (χ1n) is 3.60. The number of hydrogen-bond acceptors (Lipinski definition) is 4. The molecule has 0 fully saturated rings. The van der Waals surface area contributed by atoms with E-state index in [9.17, 15) is 4.79 Å². The van der Waals surface area contributed by atoms with Gasteiger partial charge in [0.1, 0.15) is 0 Å². The van der Waals surface area contributed by atoms with Gasteiger partial charge in [-0.05, 0) is 6.42 Å². The monoisotopic (exact) mass is 189 g/mol. The number of aromatic nitrogens is 3. The highest BCUT2D eigenvalue weighted by atomic mass is 32.2. The predicted octanol–water partition coefficient (Wildman–Crippen LogP) is -0.417. The molecule has 1 aromatic rings. The number of H-pyrrole nitrogens is 1. The van der Waals surface area contributed by atoms with Crippen molar-refractivity contribution >= 4 is 11.8 Å². The molecule has 0 amide bonds. The standard InChI is InChI=1S/C6H11N3O2S/c1-9-5(11)7-8-6(9)12-4-2-3-10/h10H,2-4H2,1H3,(H,7,11). The quantitative estimate of drug-likeness (QED) is 0.498. The van der Waals surface area contributed by atoms with Crippen LogP contribution in [0.25, 0.3) is 0 Å². The number of nitrogens with zero attached hydrogens (tertiary/aromatic N) is 2. The largest absolute Gasteiger partial charge is 0.396 e. The lowest BCUT2D eigenvalue weighted by Gasteiger charge is -1.96. The molecule has 5 nitrogen and oxygen atoms in total. The number of aliphatic hydroxyl groups excluding tert-OH is 1. The van der Waals surface area contributed by atoms with Gasteiger partial charge in [-0.3, -0.25) is 4.57 Å². The summed E-state index contributed by atoms with van der Waals surface area (Å²) in [5.41, 5.74) is -0.207. The molecule has 0 aliphatic carbocycles. The number of nitrogens with one attached hydrogen (secondary N) is 1. The second kappa shape index (κ2) is 4.32. The van der Waals surface area contributed by atoms with Crippen LogP contribution in [0, 0.1) is 0 Å². The van der Waals surface area contributed by atoms with Gasteiger partial charge in [-0.1, -0.05) is 11.8 Å². The maximum atomic E-state index is 10.9. The van der Waals surface area contributed by atoms with Crippen LogP contribution < -0.4 is 5.69 Å². The third kappa shape index (κ3) is 2.12. The Balaban J connectivity index is 2.52. The number of hydrogen-bond donors (Lipinski definition) is 2. The second-order valence-electron chi connectivity index (χ2n) is 2.30. The molecule has 0 saturated carbocycles. The van der Waals surface area contributed by atoms with E-state index in [1.54, 1.807) is 7.05 Å². The molecule has 1 heterocycles. The summed E-state index contributed by atoms with van der Waals surface area (Å²) in [6, 6.07) is 0. The number of thioether (sulfide) groups is 1. The molecule has 0 aliphatic heterocycles.